The first-order valence-corrected chi connectivity index (χ1v) is 8.66. The van der Waals surface area contributed by atoms with Crippen LogP contribution in [0.2, 0.25) is 0 Å². The number of fused-ring (bicyclic) bond motifs is 1. The maximum absolute atomic E-state index is 12.7. The molecule has 4 rings (SSSR count). The highest BCUT2D eigenvalue weighted by molar-refractivity contribution is 5.74. The Balaban J connectivity index is 1.42. The second kappa shape index (κ2) is 6.26. The molecule has 2 N–H and O–H groups in total. The molecule has 8 nitrogen and oxygen atoms in total. The van der Waals surface area contributed by atoms with Crippen LogP contribution < -0.4 is 5.32 Å². The highest BCUT2D eigenvalue weighted by Crippen LogP contribution is 2.27. The van der Waals surface area contributed by atoms with Crippen molar-refractivity contribution in [2.45, 2.75) is 51.1 Å². The predicted molar refractivity (Wildman–Crippen MR) is 87.4 cm³/mol. The van der Waals surface area contributed by atoms with E-state index in [0.717, 1.165) is 62.5 Å². The van der Waals surface area contributed by atoms with Gasteiger partial charge in [-0.05, 0) is 38.7 Å². The molecule has 1 fully saturated rings. The number of H-pyrrole nitrogens is 1. The quantitative estimate of drug-likeness (QED) is 0.878. The van der Waals surface area contributed by atoms with Gasteiger partial charge in [0.05, 0.1) is 11.7 Å². The molecule has 2 aliphatic heterocycles. The lowest BCUT2D eigenvalue weighted by atomic mass is 9.95. The number of aromatic amines is 1. The van der Waals surface area contributed by atoms with E-state index in [-0.39, 0.29) is 12.1 Å². The number of nitrogens with zero attached hydrogens (tertiary/aromatic N) is 5. The monoisotopic (exact) mass is 329 g/mol. The molecule has 2 aliphatic rings. The molecular weight excluding hydrogens is 306 g/mol. The number of aromatic nitrogens is 5. The highest BCUT2D eigenvalue weighted by atomic mass is 16.2. The van der Waals surface area contributed by atoms with Crippen LogP contribution in [0.5, 0.6) is 0 Å². The van der Waals surface area contributed by atoms with E-state index < -0.39 is 0 Å². The molecule has 8 heteroatoms. The van der Waals surface area contributed by atoms with Crippen LogP contribution in [0.15, 0.2) is 12.4 Å². The van der Waals surface area contributed by atoms with E-state index in [4.69, 9.17) is 0 Å². The first-order chi connectivity index (χ1) is 11.7. The standard InChI is InChI=1S/C16H23N7O/c1-11-8-14(21-20-11)12-4-2-6-22(9-12)16(24)19-13-5-3-7-23-15(13)17-10-18-23/h8,10,12-13H,2-7,9H2,1H3,(H,19,24)(H,20,21). The van der Waals surface area contributed by atoms with E-state index >= 15 is 0 Å². The molecule has 0 aromatic carbocycles. The molecule has 2 atom stereocenters. The van der Waals surface area contributed by atoms with Crippen molar-refractivity contribution in [2.75, 3.05) is 13.1 Å². The third kappa shape index (κ3) is 2.88. The minimum atomic E-state index is -0.0400. The van der Waals surface area contributed by atoms with Crippen molar-refractivity contribution in [1.82, 2.24) is 35.2 Å². The van der Waals surface area contributed by atoms with Crippen LogP contribution in [0.4, 0.5) is 4.79 Å². The van der Waals surface area contributed by atoms with Crippen LogP contribution >= 0.6 is 0 Å². The summed E-state index contributed by atoms with van der Waals surface area (Å²) in [7, 11) is 0. The van der Waals surface area contributed by atoms with Crippen molar-refractivity contribution in [3.63, 3.8) is 0 Å². The molecule has 1 saturated heterocycles. The van der Waals surface area contributed by atoms with E-state index in [1.54, 1.807) is 6.33 Å². The van der Waals surface area contributed by atoms with Crippen LogP contribution in [0.3, 0.4) is 0 Å². The average molecular weight is 329 g/mol. The van der Waals surface area contributed by atoms with Crippen LogP contribution in [0.25, 0.3) is 0 Å². The summed E-state index contributed by atoms with van der Waals surface area (Å²) in [6, 6.07) is 2.03. The highest BCUT2D eigenvalue weighted by Gasteiger charge is 2.29. The predicted octanol–water partition coefficient (Wildman–Crippen LogP) is 1.73. The number of hydrogen-bond donors (Lipinski definition) is 2. The maximum Gasteiger partial charge on any atom is 0.318 e. The molecule has 2 amide bonds. The summed E-state index contributed by atoms with van der Waals surface area (Å²) in [5.41, 5.74) is 2.12. The first kappa shape index (κ1) is 15.2. The number of amides is 2. The Morgan fingerprint density at radius 3 is 3.04 bits per heavy atom. The van der Waals surface area contributed by atoms with Crippen molar-refractivity contribution in [1.29, 1.82) is 0 Å². The largest absolute Gasteiger partial charge is 0.328 e. The van der Waals surface area contributed by atoms with Gasteiger partial charge in [0.2, 0.25) is 0 Å². The van der Waals surface area contributed by atoms with Gasteiger partial charge in [0, 0.05) is 31.2 Å². The van der Waals surface area contributed by atoms with Crippen molar-refractivity contribution < 1.29 is 4.79 Å². The van der Waals surface area contributed by atoms with E-state index in [1.165, 1.54) is 0 Å². The fraction of sp³-hybridized carbons (Fsp3) is 0.625. The Morgan fingerprint density at radius 1 is 1.33 bits per heavy atom. The van der Waals surface area contributed by atoms with Gasteiger partial charge in [0.15, 0.2) is 0 Å². The number of piperidine rings is 1. The van der Waals surface area contributed by atoms with Crippen molar-refractivity contribution in [3.8, 4) is 0 Å². The lowest BCUT2D eigenvalue weighted by Gasteiger charge is -2.33. The molecule has 0 radical (unpaired) electrons. The molecule has 0 spiro atoms. The maximum atomic E-state index is 12.7. The first-order valence-electron chi connectivity index (χ1n) is 8.66. The Hall–Kier alpha value is -2.38. The van der Waals surface area contributed by atoms with Crippen LogP contribution in [-0.4, -0.2) is 49.0 Å². The minimum absolute atomic E-state index is 0.00610. The zero-order valence-electron chi connectivity index (χ0n) is 13.9. The fourth-order valence-corrected chi connectivity index (χ4v) is 3.72. The van der Waals surface area contributed by atoms with Gasteiger partial charge in [-0.1, -0.05) is 0 Å². The Kier molecular flexibility index (Phi) is 3.95. The van der Waals surface area contributed by atoms with Gasteiger partial charge in [0.1, 0.15) is 12.2 Å². The van der Waals surface area contributed by atoms with Gasteiger partial charge in [-0.2, -0.15) is 10.2 Å². The van der Waals surface area contributed by atoms with E-state index in [9.17, 15) is 4.79 Å². The molecule has 24 heavy (non-hydrogen) atoms. The Labute approximate surface area is 140 Å². The zero-order chi connectivity index (χ0) is 16.5. The summed E-state index contributed by atoms with van der Waals surface area (Å²) in [4.78, 5) is 18.9. The molecule has 2 aromatic heterocycles. The van der Waals surface area contributed by atoms with Gasteiger partial charge >= 0.3 is 6.03 Å². The van der Waals surface area contributed by atoms with Crippen molar-refractivity contribution >= 4 is 6.03 Å². The van der Waals surface area contributed by atoms with Crippen LogP contribution in [0, 0.1) is 6.92 Å². The molecule has 2 aromatic rings. The van der Waals surface area contributed by atoms with E-state index in [2.05, 4.69) is 31.7 Å². The van der Waals surface area contributed by atoms with Gasteiger partial charge in [0.25, 0.3) is 0 Å². The molecular formula is C16H23N7O. The molecule has 128 valence electrons. The number of rotatable bonds is 2. The number of aryl methyl sites for hydroxylation is 2. The van der Waals surface area contributed by atoms with E-state index in [0.29, 0.717) is 5.92 Å². The summed E-state index contributed by atoms with van der Waals surface area (Å²) < 4.78 is 1.89. The van der Waals surface area contributed by atoms with Crippen LogP contribution in [0.1, 0.15) is 54.9 Å². The number of likely N-dealkylation sites (tertiary alicyclic amines) is 1. The zero-order valence-corrected chi connectivity index (χ0v) is 13.9. The third-order valence-corrected chi connectivity index (χ3v) is 4.97. The summed E-state index contributed by atoms with van der Waals surface area (Å²) in [5, 5.41) is 14.7. The fourth-order valence-electron chi connectivity index (χ4n) is 3.72. The molecule has 0 aliphatic carbocycles. The summed E-state index contributed by atoms with van der Waals surface area (Å²) >= 11 is 0. The topological polar surface area (TPSA) is 91.7 Å². The summed E-state index contributed by atoms with van der Waals surface area (Å²) in [5.74, 6) is 1.18. The molecule has 0 saturated carbocycles. The van der Waals surface area contributed by atoms with E-state index in [1.807, 2.05) is 16.5 Å². The SMILES string of the molecule is Cc1cc(C2CCCN(C(=O)NC3CCCn4ncnc43)C2)n[nH]1. The average Bonchev–Trinajstić information content (AvgIpc) is 3.24. The van der Waals surface area contributed by atoms with Crippen molar-refractivity contribution in [2.24, 2.45) is 0 Å². The lowest BCUT2D eigenvalue weighted by Crippen LogP contribution is -2.47. The molecule has 2 unspecified atom stereocenters. The Morgan fingerprint density at radius 2 is 2.21 bits per heavy atom. The number of carbonyl (C=O) groups excluding carboxylic acids is 1. The molecule has 0 bridgehead atoms. The number of carbonyl (C=O) groups is 1. The summed E-state index contributed by atoms with van der Waals surface area (Å²) in [6.07, 6.45) is 5.57. The third-order valence-electron chi connectivity index (χ3n) is 4.97. The van der Waals surface area contributed by atoms with Crippen molar-refractivity contribution in [3.05, 3.63) is 29.6 Å². The second-order valence-corrected chi connectivity index (χ2v) is 6.75. The van der Waals surface area contributed by atoms with Gasteiger partial charge < -0.3 is 10.2 Å². The molecule has 4 heterocycles. The lowest BCUT2D eigenvalue weighted by molar-refractivity contribution is 0.172. The van der Waals surface area contributed by atoms with Gasteiger partial charge in [-0.3, -0.25) is 5.10 Å². The number of urea groups is 1. The van der Waals surface area contributed by atoms with Gasteiger partial charge in [-0.15, -0.1) is 0 Å². The smallest absolute Gasteiger partial charge is 0.318 e. The Bertz CT molecular complexity index is 722. The minimum Gasteiger partial charge on any atom is -0.328 e. The van der Waals surface area contributed by atoms with Gasteiger partial charge in [-0.25, -0.2) is 14.5 Å². The number of nitrogens with one attached hydrogen (secondary N) is 2. The second-order valence-electron chi connectivity index (χ2n) is 6.75. The summed E-state index contributed by atoms with van der Waals surface area (Å²) in [6.45, 7) is 4.40. The van der Waals surface area contributed by atoms with Crippen LogP contribution in [-0.2, 0) is 6.54 Å². The normalized spacial score (nSPS) is 23.8. The number of hydrogen-bond acceptors (Lipinski definition) is 4.